The highest BCUT2D eigenvalue weighted by Crippen LogP contribution is 2.22. The number of nitrogens with zero attached hydrogens (tertiary/aromatic N) is 2. The lowest BCUT2D eigenvalue weighted by Crippen LogP contribution is -2.41. The van der Waals surface area contributed by atoms with Gasteiger partial charge in [0.1, 0.15) is 0 Å². The second-order valence-corrected chi connectivity index (χ2v) is 7.12. The molecule has 1 atom stereocenters. The predicted molar refractivity (Wildman–Crippen MR) is 101 cm³/mol. The molecule has 1 aromatic carbocycles. The Kier molecular flexibility index (Phi) is 6.14. The van der Waals surface area contributed by atoms with Crippen LogP contribution in [0, 0.1) is 12.8 Å². The smallest absolute Gasteiger partial charge is 0.321 e. The van der Waals surface area contributed by atoms with Gasteiger partial charge in [-0.3, -0.25) is 4.79 Å². The van der Waals surface area contributed by atoms with E-state index in [4.69, 9.17) is 4.74 Å². The molecular formula is C20H29N3O3. The third kappa shape index (κ3) is 4.18. The van der Waals surface area contributed by atoms with Gasteiger partial charge < -0.3 is 19.9 Å². The van der Waals surface area contributed by atoms with Crippen LogP contribution in [0.25, 0.3) is 0 Å². The van der Waals surface area contributed by atoms with Crippen LogP contribution in [0.1, 0.15) is 30.9 Å². The van der Waals surface area contributed by atoms with Crippen LogP contribution in [0.5, 0.6) is 0 Å². The number of urea groups is 1. The Morgan fingerprint density at radius 2 is 1.96 bits per heavy atom. The van der Waals surface area contributed by atoms with Gasteiger partial charge in [0, 0.05) is 38.5 Å². The molecule has 0 bridgehead atoms. The molecule has 2 fully saturated rings. The van der Waals surface area contributed by atoms with E-state index in [2.05, 4.69) is 18.3 Å². The molecule has 6 nitrogen and oxygen atoms in total. The Bertz CT molecular complexity index is 656. The lowest BCUT2D eigenvalue weighted by molar-refractivity contribution is -0.135. The molecule has 3 rings (SSSR count). The maximum Gasteiger partial charge on any atom is 0.321 e. The second kappa shape index (κ2) is 8.54. The maximum atomic E-state index is 12.8. The molecule has 26 heavy (non-hydrogen) atoms. The zero-order chi connectivity index (χ0) is 18.5. The van der Waals surface area contributed by atoms with Crippen LogP contribution >= 0.6 is 0 Å². The summed E-state index contributed by atoms with van der Waals surface area (Å²) < 4.78 is 5.34. The molecule has 6 heteroatoms. The van der Waals surface area contributed by atoms with Gasteiger partial charge in [0.25, 0.3) is 0 Å². The number of hydrogen-bond acceptors (Lipinski definition) is 3. The molecule has 1 N–H and O–H groups in total. The number of carbonyl (C=O) groups is 2. The van der Waals surface area contributed by atoms with E-state index in [9.17, 15) is 9.59 Å². The maximum absolute atomic E-state index is 12.8. The highest BCUT2D eigenvalue weighted by atomic mass is 16.5. The number of carbonyl (C=O) groups excluding carboxylic acids is 2. The quantitative estimate of drug-likeness (QED) is 0.902. The van der Waals surface area contributed by atoms with E-state index in [-0.39, 0.29) is 17.9 Å². The number of rotatable bonds is 3. The van der Waals surface area contributed by atoms with Crippen molar-refractivity contribution in [1.82, 2.24) is 9.80 Å². The molecule has 2 aliphatic rings. The fourth-order valence-corrected chi connectivity index (χ4v) is 3.72. The molecule has 3 amide bonds. The number of nitrogens with one attached hydrogen (secondary N) is 1. The van der Waals surface area contributed by atoms with Gasteiger partial charge in [0.15, 0.2) is 0 Å². The molecule has 0 spiro atoms. The van der Waals surface area contributed by atoms with Crippen molar-refractivity contribution in [2.75, 3.05) is 44.7 Å². The van der Waals surface area contributed by atoms with E-state index in [1.807, 2.05) is 28.9 Å². The van der Waals surface area contributed by atoms with Crippen LogP contribution in [-0.4, -0.2) is 61.1 Å². The highest BCUT2D eigenvalue weighted by molar-refractivity contribution is 5.91. The van der Waals surface area contributed by atoms with Crippen molar-refractivity contribution < 1.29 is 14.3 Å². The van der Waals surface area contributed by atoms with E-state index in [1.165, 1.54) is 0 Å². The van der Waals surface area contributed by atoms with Crippen molar-refractivity contribution in [3.8, 4) is 0 Å². The Hall–Kier alpha value is -2.08. The van der Waals surface area contributed by atoms with E-state index >= 15 is 0 Å². The van der Waals surface area contributed by atoms with Crippen LogP contribution in [0.3, 0.4) is 0 Å². The molecule has 1 aromatic rings. The fourth-order valence-electron chi connectivity index (χ4n) is 3.72. The van der Waals surface area contributed by atoms with Gasteiger partial charge in [-0.2, -0.15) is 0 Å². The number of aryl methyl sites for hydroxylation is 2. The Labute approximate surface area is 155 Å². The van der Waals surface area contributed by atoms with Crippen LogP contribution < -0.4 is 5.32 Å². The van der Waals surface area contributed by atoms with Gasteiger partial charge in [-0.05, 0) is 37.3 Å². The summed E-state index contributed by atoms with van der Waals surface area (Å²) in [4.78, 5) is 29.1. The molecular weight excluding hydrogens is 330 g/mol. The zero-order valence-electron chi connectivity index (χ0n) is 15.8. The number of ether oxygens (including phenoxy) is 1. The topological polar surface area (TPSA) is 61.9 Å². The van der Waals surface area contributed by atoms with Crippen molar-refractivity contribution in [3.63, 3.8) is 0 Å². The van der Waals surface area contributed by atoms with Crippen molar-refractivity contribution in [1.29, 1.82) is 0 Å². The molecule has 142 valence electrons. The molecule has 0 aromatic heterocycles. The standard InChI is InChI=1S/C20H29N3O3/c1-3-16-7-4-6-15(2)18(16)21-20(25)23-10-5-9-22(11-12-23)19(24)17-8-13-26-14-17/h4,6-7,17H,3,5,8-14H2,1-2H3,(H,21,25). The average Bonchev–Trinajstić information content (AvgIpc) is 3.07. The first-order valence-corrected chi connectivity index (χ1v) is 9.61. The summed E-state index contributed by atoms with van der Waals surface area (Å²) in [5.41, 5.74) is 3.14. The summed E-state index contributed by atoms with van der Waals surface area (Å²) in [5.74, 6) is 0.173. The average molecular weight is 359 g/mol. The highest BCUT2D eigenvalue weighted by Gasteiger charge is 2.30. The number of hydrogen-bond donors (Lipinski definition) is 1. The monoisotopic (exact) mass is 359 g/mol. The number of amides is 3. The fraction of sp³-hybridized carbons (Fsp3) is 0.600. The predicted octanol–water partition coefficient (Wildman–Crippen LogP) is 2.66. The number of benzene rings is 1. The van der Waals surface area contributed by atoms with Gasteiger partial charge in [-0.1, -0.05) is 25.1 Å². The summed E-state index contributed by atoms with van der Waals surface area (Å²) in [6.07, 6.45) is 2.50. The summed E-state index contributed by atoms with van der Waals surface area (Å²) in [6, 6.07) is 6.01. The molecule has 0 saturated carbocycles. The molecule has 0 aliphatic carbocycles. The summed E-state index contributed by atoms with van der Waals surface area (Å²) in [6.45, 7) is 7.86. The Morgan fingerprint density at radius 3 is 2.69 bits per heavy atom. The normalized spacial score (nSPS) is 20.8. The van der Waals surface area contributed by atoms with Crippen LogP contribution in [0.4, 0.5) is 10.5 Å². The Morgan fingerprint density at radius 1 is 1.19 bits per heavy atom. The molecule has 2 aliphatic heterocycles. The third-order valence-electron chi connectivity index (χ3n) is 5.35. The largest absolute Gasteiger partial charge is 0.381 e. The lowest BCUT2D eigenvalue weighted by Gasteiger charge is -2.24. The van der Waals surface area contributed by atoms with Crippen molar-refractivity contribution in [3.05, 3.63) is 29.3 Å². The van der Waals surface area contributed by atoms with E-state index < -0.39 is 0 Å². The first-order valence-electron chi connectivity index (χ1n) is 9.61. The minimum Gasteiger partial charge on any atom is -0.381 e. The summed E-state index contributed by atoms with van der Waals surface area (Å²) in [7, 11) is 0. The molecule has 1 unspecified atom stereocenters. The molecule has 2 heterocycles. The van der Waals surface area contributed by atoms with Crippen molar-refractivity contribution in [2.24, 2.45) is 5.92 Å². The van der Waals surface area contributed by atoms with Gasteiger partial charge in [-0.15, -0.1) is 0 Å². The lowest BCUT2D eigenvalue weighted by atomic mass is 10.1. The van der Waals surface area contributed by atoms with Gasteiger partial charge in [0.05, 0.1) is 12.5 Å². The zero-order valence-corrected chi connectivity index (χ0v) is 15.8. The van der Waals surface area contributed by atoms with E-state index in [0.717, 1.165) is 36.1 Å². The first-order chi connectivity index (χ1) is 12.6. The minimum atomic E-state index is -0.0764. The van der Waals surface area contributed by atoms with Crippen LogP contribution in [0.15, 0.2) is 18.2 Å². The second-order valence-electron chi connectivity index (χ2n) is 7.12. The minimum absolute atomic E-state index is 0.00513. The van der Waals surface area contributed by atoms with E-state index in [1.54, 1.807) is 0 Å². The molecule has 0 radical (unpaired) electrons. The van der Waals surface area contributed by atoms with E-state index in [0.29, 0.717) is 39.4 Å². The van der Waals surface area contributed by atoms with Crippen LogP contribution in [-0.2, 0) is 16.0 Å². The van der Waals surface area contributed by atoms with Crippen molar-refractivity contribution in [2.45, 2.75) is 33.1 Å². The molecule has 2 saturated heterocycles. The summed E-state index contributed by atoms with van der Waals surface area (Å²) in [5, 5.41) is 3.09. The van der Waals surface area contributed by atoms with Crippen molar-refractivity contribution >= 4 is 17.6 Å². The number of para-hydroxylation sites is 1. The van der Waals surface area contributed by atoms with Crippen LogP contribution in [0.2, 0.25) is 0 Å². The van der Waals surface area contributed by atoms with Gasteiger partial charge in [0.2, 0.25) is 5.91 Å². The van der Waals surface area contributed by atoms with Gasteiger partial charge in [-0.25, -0.2) is 4.79 Å². The van der Waals surface area contributed by atoms with Gasteiger partial charge >= 0.3 is 6.03 Å². The number of anilines is 1. The third-order valence-corrected chi connectivity index (χ3v) is 5.35. The Balaban J connectivity index is 1.60. The summed E-state index contributed by atoms with van der Waals surface area (Å²) >= 11 is 0. The SMILES string of the molecule is CCc1cccc(C)c1NC(=O)N1CCCN(C(=O)C2CCOC2)CC1. The first kappa shape index (κ1) is 18.7.